The average Bonchev–Trinajstić information content (AvgIpc) is 3.39. The van der Waals surface area contributed by atoms with E-state index in [0.29, 0.717) is 55.4 Å². The maximum Gasteiger partial charge on any atom is 0.180 e. The lowest BCUT2D eigenvalue weighted by atomic mass is 10.0. The highest BCUT2D eigenvalue weighted by molar-refractivity contribution is 7.91. The Hall–Kier alpha value is -3.60. The minimum absolute atomic E-state index is 0.00389. The molecule has 38 heavy (non-hydrogen) atoms. The molecule has 0 bridgehead atoms. The standard InChI is InChI=1S/C28H31N5O4S/c1-2-38(35,36)25-9-4-3-8-23(25)31-28-27-24(10-11-29-27)30-26(32-28)18-21-7-5-6-20(16-21)17-22(34)19-33-12-14-37-15-13-33/h3-11,16,29H,2,12-15,17-19H2,1H3,(H,30,31,32). The molecule has 9 nitrogen and oxygen atoms in total. The van der Waals surface area contributed by atoms with Crippen LogP contribution in [0.3, 0.4) is 0 Å². The minimum Gasteiger partial charge on any atom is -0.379 e. The third-order valence-electron chi connectivity index (χ3n) is 6.57. The number of H-pyrrole nitrogens is 1. The number of nitrogens with zero attached hydrogens (tertiary/aromatic N) is 3. The van der Waals surface area contributed by atoms with Gasteiger partial charge in [-0.2, -0.15) is 0 Å². The molecule has 0 saturated carbocycles. The van der Waals surface area contributed by atoms with Crippen LogP contribution in [0.15, 0.2) is 65.7 Å². The lowest BCUT2D eigenvalue weighted by Gasteiger charge is -2.25. The Bertz CT molecular complexity index is 1540. The first-order valence-electron chi connectivity index (χ1n) is 12.7. The van der Waals surface area contributed by atoms with E-state index in [1.54, 1.807) is 37.4 Å². The molecule has 0 radical (unpaired) electrons. The summed E-state index contributed by atoms with van der Waals surface area (Å²) in [4.78, 5) is 27.6. The lowest BCUT2D eigenvalue weighted by Crippen LogP contribution is -2.39. The fraction of sp³-hybridized carbons (Fsp3) is 0.321. The van der Waals surface area contributed by atoms with Gasteiger partial charge in [0.15, 0.2) is 21.4 Å². The highest BCUT2D eigenvalue weighted by Gasteiger charge is 2.19. The molecule has 198 valence electrons. The molecule has 5 rings (SSSR count). The largest absolute Gasteiger partial charge is 0.379 e. The number of Topliss-reactive ketones (excluding diaryl/α,β-unsaturated/α-hetero) is 1. The molecular weight excluding hydrogens is 502 g/mol. The second kappa shape index (κ2) is 11.4. The van der Waals surface area contributed by atoms with Gasteiger partial charge in [-0.15, -0.1) is 0 Å². The number of anilines is 2. The third kappa shape index (κ3) is 6.09. The van der Waals surface area contributed by atoms with Gasteiger partial charge in [-0.1, -0.05) is 43.3 Å². The highest BCUT2D eigenvalue weighted by Crippen LogP contribution is 2.28. The fourth-order valence-electron chi connectivity index (χ4n) is 4.61. The maximum atomic E-state index is 12.6. The Morgan fingerprint density at radius 3 is 2.66 bits per heavy atom. The van der Waals surface area contributed by atoms with Gasteiger partial charge in [-0.25, -0.2) is 18.4 Å². The number of hydrogen-bond acceptors (Lipinski definition) is 8. The number of aromatic nitrogens is 3. The van der Waals surface area contributed by atoms with E-state index in [0.717, 1.165) is 29.7 Å². The molecule has 1 saturated heterocycles. The van der Waals surface area contributed by atoms with Gasteiger partial charge in [0, 0.05) is 32.1 Å². The number of carbonyl (C=O) groups excluding carboxylic acids is 1. The minimum atomic E-state index is -3.42. The Morgan fingerprint density at radius 2 is 1.84 bits per heavy atom. The molecule has 2 aromatic carbocycles. The van der Waals surface area contributed by atoms with Crippen molar-refractivity contribution < 1.29 is 17.9 Å². The van der Waals surface area contributed by atoms with Crippen LogP contribution >= 0.6 is 0 Å². The number of ketones is 1. The summed E-state index contributed by atoms with van der Waals surface area (Å²) in [5, 5.41) is 3.22. The van der Waals surface area contributed by atoms with Crippen LogP contribution < -0.4 is 5.32 Å². The van der Waals surface area contributed by atoms with Crippen molar-refractivity contribution in [3.8, 4) is 0 Å². The fourth-order valence-corrected chi connectivity index (χ4v) is 5.66. The van der Waals surface area contributed by atoms with E-state index in [-0.39, 0.29) is 16.4 Å². The number of sulfone groups is 1. The Kier molecular flexibility index (Phi) is 7.82. The van der Waals surface area contributed by atoms with Crippen molar-refractivity contribution in [2.75, 3.05) is 43.9 Å². The molecule has 2 N–H and O–H groups in total. The summed E-state index contributed by atoms with van der Waals surface area (Å²) in [7, 11) is -3.42. The number of ether oxygens (including phenoxy) is 1. The first-order chi connectivity index (χ1) is 18.4. The quantitative estimate of drug-likeness (QED) is 0.318. The molecule has 1 fully saturated rings. The van der Waals surface area contributed by atoms with Crippen LogP contribution in [0.4, 0.5) is 11.5 Å². The number of carbonyl (C=O) groups is 1. The molecule has 3 heterocycles. The van der Waals surface area contributed by atoms with Crippen molar-refractivity contribution in [2.24, 2.45) is 0 Å². The molecule has 1 aliphatic rings. The normalized spacial score (nSPS) is 14.6. The van der Waals surface area contributed by atoms with E-state index in [1.165, 1.54) is 0 Å². The topological polar surface area (TPSA) is 117 Å². The van der Waals surface area contributed by atoms with Gasteiger partial charge in [-0.05, 0) is 29.3 Å². The molecule has 0 unspecified atom stereocenters. The van der Waals surface area contributed by atoms with Crippen LogP contribution in [0.1, 0.15) is 23.9 Å². The van der Waals surface area contributed by atoms with E-state index in [9.17, 15) is 13.2 Å². The van der Waals surface area contributed by atoms with Crippen molar-refractivity contribution in [3.05, 3.63) is 77.7 Å². The number of benzene rings is 2. The molecule has 1 aliphatic heterocycles. The van der Waals surface area contributed by atoms with Gasteiger partial charge >= 0.3 is 0 Å². The van der Waals surface area contributed by atoms with Crippen LogP contribution in [0.2, 0.25) is 0 Å². The van der Waals surface area contributed by atoms with Gasteiger partial charge < -0.3 is 15.0 Å². The third-order valence-corrected chi connectivity index (χ3v) is 8.35. The van der Waals surface area contributed by atoms with Gasteiger partial charge in [-0.3, -0.25) is 9.69 Å². The van der Waals surface area contributed by atoms with E-state index in [4.69, 9.17) is 14.7 Å². The van der Waals surface area contributed by atoms with Gasteiger partial charge in [0.25, 0.3) is 0 Å². The van der Waals surface area contributed by atoms with Crippen molar-refractivity contribution >= 4 is 38.2 Å². The molecule has 0 amide bonds. The van der Waals surface area contributed by atoms with Crippen molar-refractivity contribution in [3.63, 3.8) is 0 Å². The molecular formula is C28H31N5O4S. The smallest absolute Gasteiger partial charge is 0.180 e. The van der Waals surface area contributed by atoms with Gasteiger partial charge in [0.05, 0.1) is 41.6 Å². The molecule has 0 atom stereocenters. The second-order valence-electron chi connectivity index (χ2n) is 9.35. The van der Waals surface area contributed by atoms with Crippen LogP contribution in [0.25, 0.3) is 11.0 Å². The first-order valence-corrected chi connectivity index (χ1v) is 14.4. The summed E-state index contributed by atoms with van der Waals surface area (Å²) in [6, 6.07) is 16.6. The highest BCUT2D eigenvalue weighted by atomic mass is 32.2. The van der Waals surface area contributed by atoms with Gasteiger partial charge in [0.2, 0.25) is 0 Å². The molecule has 0 aliphatic carbocycles. The van der Waals surface area contributed by atoms with Gasteiger partial charge in [0.1, 0.15) is 11.3 Å². The zero-order valence-electron chi connectivity index (χ0n) is 21.3. The van der Waals surface area contributed by atoms with Crippen molar-refractivity contribution in [1.82, 2.24) is 19.9 Å². The summed E-state index contributed by atoms with van der Waals surface area (Å²) in [5.41, 5.74) is 3.85. The van der Waals surface area contributed by atoms with E-state index in [2.05, 4.69) is 15.2 Å². The number of aromatic amines is 1. The predicted octanol–water partition coefficient (Wildman–Crippen LogP) is 3.53. The number of hydrogen-bond donors (Lipinski definition) is 2. The average molecular weight is 534 g/mol. The van der Waals surface area contributed by atoms with E-state index in [1.807, 2.05) is 30.3 Å². The summed E-state index contributed by atoms with van der Waals surface area (Å²) in [6.07, 6.45) is 2.62. The maximum absolute atomic E-state index is 12.6. The number of morpholine rings is 1. The second-order valence-corrected chi connectivity index (χ2v) is 11.6. The Balaban J connectivity index is 1.36. The number of nitrogens with one attached hydrogen (secondary N) is 2. The van der Waals surface area contributed by atoms with Crippen molar-refractivity contribution in [1.29, 1.82) is 0 Å². The zero-order chi connectivity index (χ0) is 26.5. The van der Waals surface area contributed by atoms with Crippen molar-refractivity contribution in [2.45, 2.75) is 24.7 Å². The van der Waals surface area contributed by atoms with E-state index < -0.39 is 9.84 Å². The Morgan fingerprint density at radius 1 is 1.05 bits per heavy atom. The predicted molar refractivity (Wildman–Crippen MR) is 147 cm³/mol. The first kappa shape index (κ1) is 26.0. The summed E-state index contributed by atoms with van der Waals surface area (Å²) >= 11 is 0. The number of para-hydroxylation sites is 1. The lowest BCUT2D eigenvalue weighted by molar-refractivity contribution is -0.120. The van der Waals surface area contributed by atoms with Crippen LogP contribution in [-0.2, 0) is 32.2 Å². The number of fused-ring (bicyclic) bond motifs is 1. The molecule has 0 spiro atoms. The number of rotatable bonds is 10. The van der Waals surface area contributed by atoms with Crippen LogP contribution in [0.5, 0.6) is 0 Å². The summed E-state index contributed by atoms with van der Waals surface area (Å²) in [5.74, 6) is 1.28. The van der Waals surface area contributed by atoms with Crippen LogP contribution in [-0.4, -0.2) is 72.7 Å². The van der Waals surface area contributed by atoms with Crippen LogP contribution in [0, 0.1) is 0 Å². The molecule has 2 aromatic heterocycles. The molecule has 10 heteroatoms. The summed E-state index contributed by atoms with van der Waals surface area (Å²) in [6.45, 7) is 4.98. The van der Waals surface area contributed by atoms with E-state index >= 15 is 0 Å². The Labute approximate surface area is 222 Å². The molecule has 4 aromatic rings. The summed E-state index contributed by atoms with van der Waals surface area (Å²) < 4.78 is 30.6. The monoisotopic (exact) mass is 533 g/mol. The SMILES string of the molecule is CCS(=O)(=O)c1ccccc1Nc1nc(Cc2cccc(CC(=O)CN3CCOCC3)c2)nc2cc[nH]c12. The zero-order valence-corrected chi connectivity index (χ0v) is 22.1.